The fourth-order valence-electron chi connectivity index (χ4n) is 1.72. The van der Waals surface area contributed by atoms with Crippen LogP contribution in [0.25, 0.3) is 0 Å². The standard InChI is InChI=1S/C9H14Cl2O3/c1-3-8(4-2)5-14-7(13)9(10,11)6(8)12/h6,12H,3-5H2,1-2H3/t6-/m0/s1. The van der Waals surface area contributed by atoms with Gasteiger partial charge in [0.15, 0.2) is 0 Å². The van der Waals surface area contributed by atoms with Crippen LogP contribution in [0.3, 0.4) is 0 Å². The van der Waals surface area contributed by atoms with Crippen LogP contribution in [0.2, 0.25) is 0 Å². The summed E-state index contributed by atoms with van der Waals surface area (Å²) in [6.45, 7) is 4.01. The van der Waals surface area contributed by atoms with E-state index in [4.69, 9.17) is 27.9 Å². The van der Waals surface area contributed by atoms with E-state index in [9.17, 15) is 9.90 Å². The molecule has 0 aromatic rings. The number of alkyl halides is 2. The summed E-state index contributed by atoms with van der Waals surface area (Å²) in [4.78, 5) is 11.2. The Balaban J connectivity index is 2.99. The van der Waals surface area contributed by atoms with Crippen molar-refractivity contribution in [2.24, 2.45) is 5.41 Å². The maximum atomic E-state index is 11.2. The maximum absolute atomic E-state index is 11.2. The van der Waals surface area contributed by atoms with Crippen molar-refractivity contribution in [3.05, 3.63) is 0 Å². The molecule has 0 aliphatic carbocycles. The molecule has 0 aromatic carbocycles. The van der Waals surface area contributed by atoms with Crippen molar-refractivity contribution in [2.45, 2.75) is 37.1 Å². The van der Waals surface area contributed by atoms with Crippen LogP contribution in [0.4, 0.5) is 0 Å². The maximum Gasteiger partial charge on any atom is 0.345 e. The van der Waals surface area contributed by atoms with E-state index in [0.717, 1.165) is 0 Å². The lowest BCUT2D eigenvalue weighted by molar-refractivity contribution is -0.170. The highest BCUT2D eigenvalue weighted by molar-refractivity contribution is 6.58. The molecule has 0 bridgehead atoms. The number of cyclic esters (lactones) is 1. The minimum atomic E-state index is -1.83. The molecule has 14 heavy (non-hydrogen) atoms. The number of carbonyl (C=O) groups excluding carboxylic acids is 1. The van der Waals surface area contributed by atoms with Crippen molar-refractivity contribution in [1.82, 2.24) is 0 Å². The Morgan fingerprint density at radius 2 is 2.00 bits per heavy atom. The van der Waals surface area contributed by atoms with Crippen LogP contribution < -0.4 is 0 Å². The fourth-order valence-corrected chi connectivity index (χ4v) is 2.29. The first-order valence-corrected chi connectivity index (χ1v) is 5.39. The number of hydrogen-bond donors (Lipinski definition) is 1. The van der Waals surface area contributed by atoms with Gasteiger partial charge in [0, 0.05) is 5.41 Å². The fraction of sp³-hybridized carbons (Fsp3) is 0.889. The van der Waals surface area contributed by atoms with Crippen LogP contribution in [0.15, 0.2) is 0 Å². The second-order valence-electron chi connectivity index (χ2n) is 3.67. The third-order valence-corrected chi connectivity index (χ3v) is 3.82. The second kappa shape index (κ2) is 3.87. The largest absolute Gasteiger partial charge is 0.463 e. The molecule has 0 radical (unpaired) electrons. The zero-order chi connectivity index (χ0) is 11.0. The zero-order valence-electron chi connectivity index (χ0n) is 8.22. The van der Waals surface area contributed by atoms with Crippen LogP contribution in [0.5, 0.6) is 0 Å². The summed E-state index contributed by atoms with van der Waals surface area (Å²) in [7, 11) is 0. The smallest absolute Gasteiger partial charge is 0.345 e. The van der Waals surface area contributed by atoms with E-state index in [1.165, 1.54) is 0 Å². The number of rotatable bonds is 2. The lowest BCUT2D eigenvalue weighted by Gasteiger charge is -2.44. The van der Waals surface area contributed by atoms with E-state index < -0.39 is 21.8 Å². The number of aliphatic hydroxyl groups excluding tert-OH is 1. The molecular weight excluding hydrogens is 227 g/mol. The summed E-state index contributed by atoms with van der Waals surface area (Å²) in [5, 5.41) is 9.95. The van der Waals surface area contributed by atoms with Gasteiger partial charge in [-0.15, -0.1) is 0 Å². The average molecular weight is 241 g/mol. The molecular formula is C9H14Cl2O3. The third kappa shape index (κ3) is 1.62. The number of esters is 1. The molecule has 0 unspecified atom stereocenters. The molecule has 1 aliphatic heterocycles. The normalized spacial score (nSPS) is 29.8. The molecule has 1 atom stereocenters. The van der Waals surface area contributed by atoms with Crippen LogP contribution in [0.1, 0.15) is 26.7 Å². The van der Waals surface area contributed by atoms with Gasteiger partial charge in [-0.1, -0.05) is 37.0 Å². The van der Waals surface area contributed by atoms with Crippen molar-refractivity contribution in [3.63, 3.8) is 0 Å². The lowest BCUT2D eigenvalue weighted by atomic mass is 9.75. The first-order chi connectivity index (χ1) is 6.40. The van der Waals surface area contributed by atoms with Gasteiger partial charge in [-0.25, -0.2) is 4.79 Å². The molecule has 5 heteroatoms. The Morgan fingerprint density at radius 3 is 2.43 bits per heavy atom. The molecule has 0 saturated carbocycles. The van der Waals surface area contributed by atoms with E-state index in [1.54, 1.807) is 0 Å². The Hall–Kier alpha value is 0.01000. The molecule has 0 spiro atoms. The van der Waals surface area contributed by atoms with E-state index in [2.05, 4.69) is 0 Å². The molecule has 0 amide bonds. The van der Waals surface area contributed by atoms with Crippen LogP contribution in [-0.4, -0.2) is 28.1 Å². The molecule has 1 heterocycles. The summed E-state index contributed by atoms with van der Waals surface area (Å²) in [6, 6.07) is 0. The summed E-state index contributed by atoms with van der Waals surface area (Å²) >= 11 is 11.5. The van der Waals surface area contributed by atoms with Crippen molar-refractivity contribution in [2.75, 3.05) is 6.61 Å². The number of ether oxygens (including phenoxy) is 1. The molecule has 1 rings (SSSR count). The highest BCUT2D eigenvalue weighted by Gasteiger charge is 2.57. The Bertz CT molecular complexity index is 236. The second-order valence-corrected chi connectivity index (χ2v) is 5.06. The van der Waals surface area contributed by atoms with Crippen LogP contribution in [0, 0.1) is 5.41 Å². The van der Waals surface area contributed by atoms with Gasteiger partial charge in [0.2, 0.25) is 4.33 Å². The first kappa shape index (κ1) is 12.1. The molecule has 1 N–H and O–H groups in total. The van der Waals surface area contributed by atoms with Crippen molar-refractivity contribution >= 4 is 29.2 Å². The monoisotopic (exact) mass is 240 g/mol. The molecule has 0 aromatic heterocycles. The number of halogens is 2. The Kier molecular flexibility index (Phi) is 3.34. The predicted molar refractivity (Wildman–Crippen MR) is 54.4 cm³/mol. The van der Waals surface area contributed by atoms with Crippen molar-refractivity contribution in [3.8, 4) is 0 Å². The average Bonchev–Trinajstić information content (AvgIpc) is 2.17. The number of aliphatic hydroxyl groups is 1. The SMILES string of the molecule is CCC1(CC)COC(=O)C(Cl)(Cl)[C@H]1O. The Labute approximate surface area is 93.3 Å². The van der Waals surface area contributed by atoms with E-state index in [0.29, 0.717) is 12.8 Å². The van der Waals surface area contributed by atoms with Crippen molar-refractivity contribution in [1.29, 1.82) is 0 Å². The van der Waals surface area contributed by atoms with Gasteiger partial charge in [-0.05, 0) is 12.8 Å². The van der Waals surface area contributed by atoms with Gasteiger partial charge in [-0.2, -0.15) is 0 Å². The molecule has 3 nitrogen and oxygen atoms in total. The van der Waals surface area contributed by atoms with Gasteiger partial charge in [0.1, 0.15) is 6.10 Å². The summed E-state index contributed by atoms with van der Waals surface area (Å²) < 4.78 is 3.07. The van der Waals surface area contributed by atoms with E-state index >= 15 is 0 Å². The van der Waals surface area contributed by atoms with Gasteiger partial charge < -0.3 is 9.84 Å². The minimum Gasteiger partial charge on any atom is -0.463 e. The van der Waals surface area contributed by atoms with Gasteiger partial charge >= 0.3 is 5.97 Å². The Morgan fingerprint density at radius 1 is 1.50 bits per heavy atom. The van der Waals surface area contributed by atoms with Gasteiger partial charge in [-0.3, -0.25) is 0 Å². The quantitative estimate of drug-likeness (QED) is 0.593. The molecule has 82 valence electrons. The lowest BCUT2D eigenvalue weighted by Crippen LogP contribution is -2.57. The van der Waals surface area contributed by atoms with Gasteiger partial charge in [0.25, 0.3) is 0 Å². The van der Waals surface area contributed by atoms with E-state index in [1.807, 2.05) is 13.8 Å². The number of hydrogen-bond acceptors (Lipinski definition) is 3. The minimum absolute atomic E-state index is 0.182. The highest BCUT2D eigenvalue weighted by atomic mass is 35.5. The third-order valence-electron chi connectivity index (χ3n) is 3.09. The highest BCUT2D eigenvalue weighted by Crippen LogP contribution is 2.45. The van der Waals surface area contributed by atoms with E-state index in [-0.39, 0.29) is 6.61 Å². The van der Waals surface area contributed by atoms with Crippen LogP contribution in [-0.2, 0) is 9.53 Å². The topological polar surface area (TPSA) is 46.5 Å². The molecule has 1 saturated heterocycles. The molecule has 1 aliphatic rings. The zero-order valence-corrected chi connectivity index (χ0v) is 9.73. The summed E-state index contributed by atoms with van der Waals surface area (Å²) in [5.41, 5.74) is -0.516. The van der Waals surface area contributed by atoms with Crippen molar-refractivity contribution < 1.29 is 14.6 Å². The van der Waals surface area contributed by atoms with Gasteiger partial charge in [0.05, 0.1) is 6.61 Å². The predicted octanol–water partition coefficient (Wildman–Crippen LogP) is 1.88. The summed E-state index contributed by atoms with van der Waals surface area (Å²) in [5.74, 6) is -0.758. The summed E-state index contributed by atoms with van der Waals surface area (Å²) in [6.07, 6.45) is 0.257. The first-order valence-electron chi connectivity index (χ1n) is 4.64. The van der Waals surface area contributed by atoms with Crippen LogP contribution >= 0.6 is 23.2 Å². The molecule has 1 fully saturated rings. The number of carbonyl (C=O) groups is 1.